The van der Waals surface area contributed by atoms with Gasteiger partial charge in [0.15, 0.2) is 0 Å². The maximum absolute atomic E-state index is 12.1. The number of hydrogen-bond acceptors (Lipinski definition) is 3. The Morgan fingerprint density at radius 3 is 2.50 bits per heavy atom. The highest BCUT2D eigenvalue weighted by Gasteiger charge is 2.18. The molecule has 0 atom stereocenters. The zero-order valence-corrected chi connectivity index (χ0v) is 13.3. The molecule has 1 aliphatic rings. The fourth-order valence-corrected chi connectivity index (χ4v) is 3.73. The summed E-state index contributed by atoms with van der Waals surface area (Å²) in [5.41, 5.74) is 7.94. The van der Waals surface area contributed by atoms with Crippen LogP contribution in [0.3, 0.4) is 0 Å². The van der Waals surface area contributed by atoms with Crippen LogP contribution in [0, 0.1) is 0 Å². The molecule has 3 rings (SSSR count). The third kappa shape index (κ3) is 3.04. The molecule has 2 N–H and O–H groups in total. The highest BCUT2D eigenvalue weighted by molar-refractivity contribution is 7.14. The lowest BCUT2D eigenvalue weighted by atomic mass is 10.1. The monoisotopic (exact) mass is 314 g/mol. The van der Waals surface area contributed by atoms with Gasteiger partial charge in [-0.25, -0.2) is 0 Å². The van der Waals surface area contributed by atoms with Crippen LogP contribution in [0.5, 0.6) is 0 Å². The summed E-state index contributed by atoms with van der Waals surface area (Å²) in [5, 5.41) is 0. The van der Waals surface area contributed by atoms with Crippen molar-refractivity contribution < 1.29 is 9.59 Å². The maximum Gasteiger partial charge on any atom is 0.279 e. The zero-order chi connectivity index (χ0) is 15.5. The van der Waals surface area contributed by atoms with E-state index in [1.807, 2.05) is 18.2 Å². The third-order valence-corrected chi connectivity index (χ3v) is 5.12. The van der Waals surface area contributed by atoms with Gasteiger partial charge in [-0.1, -0.05) is 19.1 Å². The summed E-state index contributed by atoms with van der Waals surface area (Å²) in [6.07, 6.45) is 4.22. The number of amides is 2. The van der Waals surface area contributed by atoms with Crippen LogP contribution in [-0.4, -0.2) is 11.8 Å². The predicted molar refractivity (Wildman–Crippen MR) is 87.1 cm³/mol. The molecule has 1 aromatic heterocycles. The lowest BCUT2D eigenvalue weighted by Gasteiger charge is -2.07. The summed E-state index contributed by atoms with van der Waals surface area (Å²) < 4.78 is 0. The molecule has 22 heavy (non-hydrogen) atoms. The van der Waals surface area contributed by atoms with Gasteiger partial charge in [-0.05, 0) is 55.0 Å². The van der Waals surface area contributed by atoms with Crippen molar-refractivity contribution in [2.45, 2.75) is 32.6 Å². The van der Waals surface area contributed by atoms with Crippen LogP contribution in [0.4, 0.5) is 0 Å². The van der Waals surface area contributed by atoms with E-state index in [0.29, 0.717) is 10.4 Å². The van der Waals surface area contributed by atoms with Crippen LogP contribution in [0.25, 0.3) is 0 Å². The van der Waals surface area contributed by atoms with Crippen LogP contribution in [0.2, 0.25) is 0 Å². The standard InChI is InChI=1S/C17H18N2O2S/c1-2-11-6-8-12(9-7-11)16(20)18-19-17(21)15-10-13-4-3-5-14(13)22-15/h6-10H,2-5H2,1H3,(H,18,20)(H,19,21). The highest BCUT2D eigenvalue weighted by Crippen LogP contribution is 2.30. The molecule has 1 heterocycles. The van der Waals surface area contributed by atoms with E-state index in [0.717, 1.165) is 19.3 Å². The van der Waals surface area contributed by atoms with Gasteiger partial charge in [0.2, 0.25) is 0 Å². The summed E-state index contributed by atoms with van der Waals surface area (Å²) in [4.78, 5) is 26.0. The molecule has 0 saturated heterocycles. The minimum absolute atomic E-state index is 0.252. The molecule has 114 valence electrons. The number of carbonyl (C=O) groups is 2. The van der Waals surface area contributed by atoms with Crippen LogP contribution in [-0.2, 0) is 19.3 Å². The van der Waals surface area contributed by atoms with Gasteiger partial charge < -0.3 is 0 Å². The first kappa shape index (κ1) is 14.8. The number of thiophene rings is 1. The molecule has 0 bridgehead atoms. The number of rotatable bonds is 3. The molecule has 1 aromatic carbocycles. The first-order valence-electron chi connectivity index (χ1n) is 7.48. The normalized spacial score (nSPS) is 12.8. The Bertz CT molecular complexity index is 682. The molecule has 0 saturated carbocycles. The second-order valence-electron chi connectivity index (χ2n) is 5.37. The van der Waals surface area contributed by atoms with Gasteiger partial charge in [-0.3, -0.25) is 20.4 Å². The van der Waals surface area contributed by atoms with Crippen molar-refractivity contribution in [1.82, 2.24) is 10.9 Å². The van der Waals surface area contributed by atoms with Crippen molar-refractivity contribution in [2.75, 3.05) is 0 Å². The summed E-state index contributed by atoms with van der Waals surface area (Å²) >= 11 is 1.52. The Balaban J connectivity index is 1.58. The first-order chi connectivity index (χ1) is 10.7. The number of aryl methyl sites for hydroxylation is 3. The van der Waals surface area contributed by atoms with Gasteiger partial charge in [0, 0.05) is 10.4 Å². The van der Waals surface area contributed by atoms with E-state index in [1.54, 1.807) is 12.1 Å². The second-order valence-corrected chi connectivity index (χ2v) is 6.51. The lowest BCUT2D eigenvalue weighted by Crippen LogP contribution is -2.41. The topological polar surface area (TPSA) is 58.2 Å². The van der Waals surface area contributed by atoms with E-state index in [4.69, 9.17) is 0 Å². The van der Waals surface area contributed by atoms with Crippen molar-refractivity contribution in [3.8, 4) is 0 Å². The van der Waals surface area contributed by atoms with Gasteiger partial charge in [0.1, 0.15) is 0 Å². The molecule has 0 radical (unpaired) electrons. The van der Waals surface area contributed by atoms with Gasteiger partial charge >= 0.3 is 0 Å². The van der Waals surface area contributed by atoms with E-state index in [9.17, 15) is 9.59 Å². The Morgan fingerprint density at radius 1 is 1.09 bits per heavy atom. The molecule has 4 nitrogen and oxygen atoms in total. The van der Waals surface area contributed by atoms with Crippen molar-refractivity contribution in [3.05, 3.63) is 56.8 Å². The third-order valence-electron chi connectivity index (χ3n) is 3.88. The number of carbonyl (C=O) groups excluding carboxylic acids is 2. The number of hydrazine groups is 1. The molecule has 0 unspecified atom stereocenters. The summed E-state index contributed by atoms with van der Waals surface area (Å²) in [7, 11) is 0. The molecule has 1 aliphatic carbocycles. The van der Waals surface area contributed by atoms with Crippen LogP contribution in [0.15, 0.2) is 30.3 Å². The van der Waals surface area contributed by atoms with Crippen molar-refractivity contribution >= 4 is 23.2 Å². The molecule has 2 amide bonds. The molecule has 0 spiro atoms. The van der Waals surface area contributed by atoms with E-state index in [-0.39, 0.29) is 11.8 Å². The van der Waals surface area contributed by atoms with E-state index in [1.165, 1.54) is 33.8 Å². The van der Waals surface area contributed by atoms with Gasteiger partial charge in [0.05, 0.1) is 4.88 Å². The Morgan fingerprint density at radius 2 is 1.82 bits per heavy atom. The number of nitrogens with one attached hydrogen (secondary N) is 2. The van der Waals surface area contributed by atoms with Crippen LogP contribution in [0.1, 0.15) is 49.4 Å². The molecule has 5 heteroatoms. The zero-order valence-electron chi connectivity index (χ0n) is 12.4. The smallest absolute Gasteiger partial charge is 0.267 e. The molecule has 0 aliphatic heterocycles. The SMILES string of the molecule is CCc1ccc(C(=O)NNC(=O)c2cc3c(s2)CCC3)cc1. The Hall–Kier alpha value is -2.14. The minimum atomic E-state index is -0.305. The average molecular weight is 314 g/mol. The van der Waals surface area contributed by atoms with Gasteiger partial charge in [-0.2, -0.15) is 0 Å². The minimum Gasteiger partial charge on any atom is -0.267 e. The van der Waals surface area contributed by atoms with Crippen molar-refractivity contribution in [2.24, 2.45) is 0 Å². The molecular formula is C17H18N2O2S. The van der Waals surface area contributed by atoms with Gasteiger partial charge in [-0.15, -0.1) is 11.3 Å². The molecule has 0 fully saturated rings. The first-order valence-corrected chi connectivity index (χ1v) is 8.30. The van der Waals surface area contributed by atoms with Crippen molar-refractivity contribution in [3.63, 3.8) is 0 Å². The summed E-state index contributed by atoms with van der Waals surface area (Å²) in [6.45, 7) is 2.06. The van der Waals surface area contributed by atoms with E-state index < -0.39 is 0 Å². The largest absolute Gasteiger partial charge is 0.279 e. The Labute approximate surface area is 133 Å². The van der Waals surface area contributed by atoms with Gasteiger partial charge in [0.25, 0.3) is 11.8 Å². The van der Waals surface area contributed by atoms with E-state index >= 15 is 0 Å². The summed E-state index contributed by atoms with van der Waals surface area (Å²) in [5.74, 6) is -0.557. The second kappa shape index (κ2) is 6.32. The highest BCUT2D eigenvalue weighted by atomic mass is 32.1. The Kier molecular flexibility index (Phi) is 4.24. The lowest BCUT2D eigenvalue weighted by molar-refractivity contribution is 0.0849. The van der Waals surface area contributed by atoms with Crippen LogP contribution >= 0.6 is 11.3 Å². The quantitative estimate of drug-likeness (QED) is 0.856. The number of hydrogen-bond donors (Lipinski definition) is 2. The molecular weight excluding hydrogens is 296 g/mol. The van der Waals surface area contributed by atoms with Crippen LogP contribution < -0.4 is 10.9 Å². The fraction of sp³-hybridized carbons (Fsp3) is 0.294. The average Bonchev–Trinajstić information content (AvgIpc) is 3.14. The maximum atomic E-state index is 12.1. The number of benzene rings is 1. The summed E-state index contributed by atoms with van der Waals surface area (Å²) in [6, 6.07) is 9.30. The number of fused-ring (bicyclic) bond motifs is 1. The predicted octanol–water partition coefficient (Wildman–Crippen LogP) is 2.87. The van der Waals surface area contributed by atoms with Crippen molar-refractivity contribution in [1.29, 1.82) is 0 Å². The van der Waals surface area contributed by atoms with E-state index in [2.05, 4.69) is 17.8 Å². The fourth-order valence-electron chi connectivity index (χ4n) is 2.58. The molecule has 2 aromatic rings.